The number of benzene rings is 2. The highest BCUT2D eigenvalue weighted by Gasteiger charge is 2.30. The third kappa shape index (κ3) is 5.94. The van der Waals surface area contributed by atoms with Crippen molar-refractivity contribution >= 4 is 23.5 Å². The predicted molar refractivity (Wildman–Crippen MR) is 123 cm³/mol. The molecule has 10 heteroatoms. The van der Waals surface area contributed by atoms with Gasteiger partial charge in [0.2, 0.25) is 0 Å². The van der Waals surface area contributed by atoms with E-state index in [2.05, 4.69) is 15.7 Å². The lowest BCUT2D eigenvalue weighted by atomic mass is 10.1. The van der Waals surface area contributed by atoms with Gasteiger partial charge in [-0.15, -0.1) is 0 Å². The van der Waals surface area contributed by atoms with Crippen LogP contribution in [0, 0.1) is 6.92 Å². The van der Waals surface area contributed by atoms with Gasteiger partial charge in [0.25, 0.3) is 5.91 Å². The Balaban J connectivity index is 1.75. The first-order valence-electron chi connectivity index (χ1n) is 10.4. The molecule has 0 atom stereocenters. The molecule has 0 spiro atoms. The summed E-state index contributed by atoms with van der Waals surface area (Å²) < 4.78 is 45.0. The van der Waals surface area contributed by atoms with E-state index < -0.39 is 29.3 Å². The molecule has 180 valence electrons. The number of hydrogen-bond acceptors (Lipinski definition) is 4. The maximum absolute atomic E-state index is 12.8. The molecule has 2 amide bonds. The van der Waals surface area contributed by atoms with Gasteiger partial charge in [-0.3, -0.25) is 14.8 Å². The van der Waals surface area contributed by atoms with Crippen LogP contribution in [-0.2, 0) is 18.0 Å². The smallest absolute Gasteiger partial charge is 0.416 e. The molecule has 3 aromatic rings. The molecule has 2 N–H and O–H groups in total. The summed E-state index contributed by atoms with van der Waals surface area (Å²) in [4.78, 5) is 24.5. The molecule has 7 nitrogen and oxygen atoms in total. The van der Waals surface area contributed by atoms with Gasteiger partial charge in [0, 0.05) is 29.4 Å². The molecule has 1 aromatic heterocycles. The maximum atomic E-state index is 12.8. The fraction of sp³-hybridized carbons (Fsp3) is 0.292. The van der Waals surface area contributed by atoms with Crippen molar-refractivity contribution in [1.29, 1.82) is 0 Å². The van der Waals surface area contributed by atoms with E-state index in [-0.39, 0.29) is 5.56 Å². The van der Waals surface area contributed by atoms with E-state index in [1.165, 1.54) is 4.68 Å². The van der Waals surface area contributed by atoms with Crippen LogP contribution in [0.25, 0.3) is 11.3 Å². The van der Waals surface area contributed by atoms with E-state index in [0.717, 1.165) is 29.8 Å². The predicted octanol–water partition coefficient (Wildman–Crippen LogP) is 6.01. The van der Waals surface area contributed by atoms with Gasteiger partial charge in [-0.1, -0.05) is 12.1 Å². The van der Waals surface area contributed by atoms with Crippen molar-refractivity contribution in [3.05, 3.63) is 65.2 Å². The first-order chi connectivity index (χ1) is 15.7. The van der Waals surface area contributed by atoms with Gasteiger partial charge in [0.1, 0.15) is 11.4 Å². The number of halogens is 3. The van der Waals surface area contributed by atoms with Crippen LogP contribution in [0.4, 0.5) is 29.5 Å². The molecular formula is C24H25F3N4O3. The van der Waals surface area contributed by atoms with Crippen molar-refractivity contribution in [3.63, 3.8) is 0 Å². The fourth-order valence-electron chi connectivity index (χ4n) is 3.20. The number of aromatic nitrogens is 2. The molecule has 3 rings (SSSR count). The molecular weight excluding hydrogens is 449 g/mol. The van der Waals surface area contributed by atoms with Crippen LogP contribution in [0.3, 0.4) is 0 Å². The molecule has 0 aliphatic heterocycles. The largest absolute Gasteiger partial charge is 0.444 e. The lowest BCUT2D eigenvalue weighted by molar-refractivity contribution is -0.137. The molecule has 0 saturated carbocycles. The molecule has 0 saturated heterocycles. The summed E-state index contributed by atoms with van der Waals surface area (Å²) in [5, 5.41) is 9.81. The minimum absolute atomic E-state index is 0.0905. The van der Waals surface area contributed by atoms with Crippen LogP contribution < -0.4 is 10.6 Å². The van der Waals surface area contributed by atoms with Crippen molar-refractivity contribution < 1.29 is 27.5 Å². The molecule has 0 bridgehead atoms. The Morgan fingerprint density at radius 2 is 1.53 bits per heavy atom. The Morgan fingerprint density at radius 1 is 0.941 bits per heavy atom. The number of nitrogens with one attached hydrogen (secondary N) is 2. The van der Waals surface area contributed by atoms with Crippen molar-refractivity contribution in [1.82, 2.24) is 9.78 Å². The Bertz CT molecular complexity index is 1190. The lowest BCUT2D eigenvalue weighted by Crippen LogP contribution is -2.27. The zero-order valence-corrected chi connectivity index (χ0v) is 19.4. The minimum atomic E-state index is -4.47. The quantitative estimate of drug-likeness (QED) is 0.485. The summed E-state index contributed by atoms with van der Waals surface area (Å²) in [6, 6.07) is 10.9. The van der Waals surface area contributed by atoms with Crippen LogP contribution >= 0.6 is 0 Å². The normalized spacial score (nSPS) is 11.8. The number of rotatable bonds is 4. The van der Waals surface area contributed by atoms with E-state index in [1.807, 2.05) is 0 Å². The zero-order valence-electron chi connectivity index (χ0n) is 19.4. The van der Waals surface area contributed by atoms with Crippen molar-refractivity contribution in [2.24, 2.45) is 7.05 Å². The van der Waals surface area contributed by atoms with Crippen LogP contribution in [0.2, 0.25) is 0 Å². The number of ether oxygens (including phenoxy) is 1. The Labute approximate surface area is 194 Å². The highest BCUT2D eigenvalue weighted by molar-refractivity contribution is 6.04. The van der Waals surface area contributed by atoms with E-state index in [0.29, 0.717) is 22.8 Å². The number of nitrogens with zero attached hydrogens (tertiary/aromatic N) is 2. The number of aryl methyl sites for hydroxylation is 1. The van der Waals surface area contributed by atoms with E-state index in [4.69, 9.17) is 4.74 Å². The monoisotopic (exact) mass is 474 g/mol. The molecule has 2 aromatic carbocycles. The highest BCUT2D eigenvalue weighted by Crippen LogP contribution is 2.31. The van der Waals surface area contributed by atoms with E-state index >= 15 is 0 Å². The SMILES string of the molecule is Cc1c(-c2ccc(NC(=O)OC(C)(C)C)cc2)nn(C)c1NC(=O)c1ccc(C(F)(F)F)cc1. The molecule has 1 heterocycles. The van der Waals surface area contributed by atoms with Crippen LogP contribution in [-0.4, -0.2) is 27.4 Å². The van der Waals surface area contributed by atoms with Gasteiger partial charge >= 0.3 is 12.3 Å². The maximum Gasteiger partial charge on any atom is 0.416 e. The Morgan fingerprint density at radius 3 is 2.06 bits per heavy atom. The Hall–Kier alpha value is -3.82. The molecule has 0 fully saturated rings. The van der Waals surface area contributed by atoms with Gasteiger partial charge in [0.05, 0.1) is 11.3 Å². The molecule has 0 aliphatic carbocycles. The third-order valence-corrected chi connectivity index (χ3v) is 4.79. The second-order valence-corrected chi connectivity index (χ2v) is 8.68. The van der Waals surface area contributed by atoms with Crippen molar-refractivity contribution in [2.45, 2.75) is 39.5 Å². The van der Waals surface area contributed by atoms with E-state index in [9.17, 15) is 22.8 Å². The molecule has 34 heavy (non-hydrogen) atoms. The van der Waals surface area contributed by atoms with Crippen LogP contribution in [0.5, 0.6) is 0 Å². The minimum Gasteiger partial charge on any atom is -0.444 e. The summed E-state index contributed by atoms with van der Waals surface area (Å²) in [6.07, 6.45) is -5.04. The first kappa shape index (κ1) is 24.8. The van der Waals surface area contributed by atoms with Gasteiger partial charge < -0.3 is 10.1 Å². The van der Waals surface area contributed by atoms with Gasteiger partial charge in [-0.25, -0.2) is 4.79 Å². The van der Waals surface area contributed by atoms with Crippen LogP contribution in [0.1, 0.15) is 42.3 Å². The zero-order chi connectivity index (χ0) is 25.3. The molecule has 0 unspecified atom stereocenters. The highest BCUT2D eigenvalue weighted by atomic mass is 19.4. The average Bonchev–Trinajstić information content (AvgIpc) is 3.00. The topological polar surface area (TPSA) is 85.2 Å². The number of amides is 2. The van der Waals surface area contributed by atoms with Gasteiger partial charge in [-0.05, 0) is 64.1 Å². The summed E-state index contributed by atoms with van der Waals surface area (Å²) >= 11 is 0. The fourth-order valence-corrected chi connectivity index (χ4v) is 3.20. The number of anilines is 2. The number of carbonyl (C=O) groups is 2. The van der Waals surface area contributed by atoms with Gasteiger partial charge in [-0.2, -0.15) is 18.3 Å². The summed E-state index contributed by atoms with van der Waals surface area (Å²) in [5.41, 5.74) is 1.22. The Kier molecular flexibility index (Phi) is 6.72. The summed E-state index contributed by atoms with van der Waals surface area (Å²) in [7, 11) is 1.65. The molecule has 0 radical (unpaired) electrons. The van der Waals surface area contributed by atoms with Crippen LogP contribution in [0.15, 0.2) is 48.5 Å². The third-order valence-electron chi connectivity index (χ3n) is 4.79. The number of alkyl halides is 3. The van der Waals surface area contributed by atoms with Crippen molar-refractivity contribution in [2.75, 3.05) is 10.6 Å². The average molecular weight is 474 g/mol. The second kappa shape index (κ2) is 9.20. The lowest BCUT2D eigenvalue weighted by Gasteiger charge is -2.19. The second-order valence-electron chi connectivity index (χ2n) is 8.68. The summed E-state index contributed by atoms with van der Waals surface area (Å²) in [6.45, 7) is 7.09. The number of carbonyl (C=O) groups excluding carboxylic acids is 2. The van der Waals surface area contributed by atoms with Crippen molar-refractivity contribution in [3.8, 4) is 11.3 Å². The standard InChI is InChI=1S/C24H25F3N4O3/c1-14-19(15-8-12-18(13-9-15)28-22(33)34-23(2,3)4)30-31(5)20(14)29-21(32)16-6-10-17(11-7-16)24(25,26)27/h6-13H,1-5H3,(H,28,33)(H,29,32). The van der Waals surface area contributed by atoms with Gasteiger partial charge in [0.15, 0.2) is 0 Å². The summed E-state index contributed by atoms with van der Waals surface area (Å²) in [5.74, 6) is -0.140. The molecule has 0 aliphatic rings. The number of hydrogen-bond donors (Lipinski definition) is 2. The van der Waals surface area contributed by atoms with E-state index in [1.54, 1.807) is 59.0 Å². The first-order valence-corrected chi connectivity index (χ1v) is 10.4.